The number of piperidine rings is 1. The van der Waals surface area contributed by atoms with Gasteiger partial charge in [-0.2, -0.15) is 0 Å². The summed E-state index contributed by atoms with van der Waals surface area (Å²) < 4.78 is 44.3. The Balaban J connectivity index is 1.69. The lowest BCUT2D eigenvalue weighted by Gasteiger charge is -2.31. The van der Waals surface area contributed by atoms with Gasteiger partial charge < -0.3 is 20.1 Å². The minimum atomic E-state index is -4.30. The standard InChI is InChI=1S/C21H25ClFN5O5S/c1-3-24-20(30)21(31)28-9-7-14(8-10-28)26-34(32,33)16-12-27(2)18(17(16)23)19(29)25-15-6-4-5-13(22)11-15/h4-6,11-12,14,26H,3,7-10H2,1-2H3,(H,24,30)(H,25,29). The maximum absolute atomic E-state index is 15.1. The van der Waals surface area contributed by atoms with Crippen LogP contribution in [0.2, 0.25) is 5.02 Å². The molecule has 13 heteroatoms. The number of anilines is 1. The van der Waals surface area contributed by atoms with E-state index in [4.69, 9.17) is 11.6 Å². The number of likely N-dealkylation sites (N-methyl/N-ethyl adjacent to an activating group) is 1. The Morgan fingerprint density at radius 3 is 2.50 bits per heavy atom. The van der Waals surface area contributed by atoms with Crippen LogP contribution in [-0.4, -0.2) is 61.3 Å². The van der Waals surface area contributed by atoms with E-state index in [0.29, 0.717) is 17.3 Å². The van der Waals surface area contributed by atoms with Gasteiger partial charge in [-0.1, -0.05) is 17.7 Å². The number of nitrogens with one attached hydrogen (secondary N) is 3. The Hall–Kier alpha value is -2.96. The number of benzene rings is 1. The van der Waals surface area contributed by atoms with E-state index in [1.165, 1.54) is 18.0 Å². The number of hydrogen-bond acceptors (Lipinski definition) is 5. The van der Waals surface area contributed by atoms with Crippen LogP contribution >= 0.6 is 11.6 Å². The summed E-state index contributed by atoms with van der Waals surface area (Å²) >= 11 is 5.89. The normalized spacial score (nSPS) is 14.6. The first-order valence-corrected chi connectivity index (χ1v) is 12.4. The van der Waals surface area contributed by atoms with Crippen LogP contribution in [0.15, 0.2) is 35.4 Å². The minimum absolute atomic E-state index is 0.174. The second-order valence-corrected chi connectivity index (χ2v) is 9.90. The first-order valence-electron chi connectivity index (χ1n) is 10.5. The van der Waals surface area contributed by atoms with Gasteiger partial charge in [-0.25, -0.2) is 17.5 Å². The van der Waals surface area contributed by atoms with E-state index in [0.717, 1.165) is 10.8 Å². The van der Waals surface area contributed by atoms with Gasteiger partial charge in [0.2, 0.25) is 10.0 Å². The van der Waals surface area contributed by atoms with Gasteiger partial charge in [0.1, 0.15) is 10.6 Å². The van der Waals surface area contributed by atoms with Gasteiger partial charge in [-0.3, -0.25) is 14.4 Å². The average molecular weight is 514 g/mol. The van der Waals surface area contributed by atoms with Gasteiger partial charge >= 0.3 is 11.8 Å². The molecule has 3 N–H and O–H groups in total. The molecule has 3 amide bonds. The molecule has 10 nitrogen and oxygen atoms in total. The number of hydrogen-bond donors (Lipinski definition) is 3. The summed E-state index contributed by atoms with van der Waals surface area (Å²) in [4.78, 5) is 37.1. The number of amides is 3. The molecule has 0 bridgehead atoms. The van der Waals surface area contributed by atoms with Crippen molar-refractivity contribution in [2.24, 2.45) is 7.05 Å². The van der Waals surface area contributed by atoms with Gasteiger partial charge in [0.25, 0.3) is 5.91 Å². The molecule has 3 rings (SSSR count). The van der Waals surface area contributed by atoms with Crippen LogP contribution in [0, 0.1) is 5.82 Å². The first kappa shape index (κ1) is 25.7. The van der Waals surface area contributed by atoms with Crippen LogP contribution in [0.1, 0.15) is 30.3 Å². The Morgan fingerprint density at radius 1 is 1.21 bits per heavy atom. The minimum Gasteiger partial charge on any atom is -0.348 e. The number of carbonyl (C=O) groups excluding carboxylic acids is 3. The lowest BCUT2D eigenvalue weighted by Crippen LogP contribution is -2.50. The van der Waals surface area contributed by atoms with Crippen molar-refractivity contribution >= 4 is 45.0 Å². The van der Waals surface area contributed by atoms with Gasteiger partial charge in [-0.05, 0) is 38.0 Å². The van der Waals surface area contributed by atoms with Crippen LogP contribution in [-0.2, 0) is 26.7 Å². The second kappa shape index (κ2) is 10.5. The summed E-state index contributed by atoms with van der Waals surface area (Å²) in [5.74, 6) is -3.40. The highest BCUT2D eigenvalue weighted by Gasteiger charge is 2.33. The summed E-state index contributed by atoms with van der Waals surface area (Å²) in [5.41, 5.74) is -0.128. The number of rotatable bonds is 6. The number of halogens is 2. The molecular weight excluding hydrogens is 489 g/mol. The molecule has 2 aromatic rings. The molecule has 0 aliphatic carbocycles. The van der Waals surface area contributed by atoms with Gasteiger partial charge in [0.05, 0.1) is 0 Å². The molecule has 34 heavy (non-hydrogen) atoms. The van der Waals surface area contributed by atoms with Crippen molar-refractivity contribution in [3.05, 3.63) is 47.0 Å². The molecule has 2 heterocycles. The molecule has 1 aliphatic rings. The second-order valence-electron chi connectivity index (χ2n) is 7.78. The molecule has 1 fully saturated rings. The third-order valence-electron chi connectivity index (χ3n) is 5.31. The van der Waals surface area contributed by atoms with E-state index < -0.39 is 50.2 Å². The summed E-state index contributed by atoms with van der Waals surface area (Å²) in [5, 5.41) is 5.29. The number of sulfonamides is 1. The Kier molecular flexibility index (Phi) is 7.95. The predicted octanol–water partition coefficient (Wildman–Crippen LogP) is 1.48. The van der Waals surface area contributed by atoms with Crippen molar-refractivity contribution in [1.82, 2.24) is 19.5 Å². The van der Waals surface area contributed by atoms with Crippen LogP contribution in [0.25, 0.3) is 0 Å². The molecule has 1 aromatic heterocycles. The SMILES string of the molecule is CCNC(=O)C(=O)N1CCC(NS(=O)(=O)c2cn(C)c(C(=O)Nc3cccc(Cl)c3)c2F)CC1. The van der Waals surface area contributed by atoms with Crippen LogP contribution in [0.3, 0.4) is 0 Å². The fourth-order valence-electron chi connectivity index (χ4n) is 3.64. The third kappa shape index (κ3) is 5.75. The van der Waals surface area contributed by atoms with Crippen molar-refractivity contribution in [3.63, 3.8) is 0 Å². The highest BCUT2D eigenvalue weighted by molar-refractivity contribution is 7.89. The zero-order valence-electron chi connectivity index (χ0n) is 18.6. The molecule has 184 valence electrons. The molecule has 0 saturated carbocycles. The monoisotopic (exact) mass is 513 g/mol. The van der Waals surface area contributed by atoms with E-state index in [2.05, 4.69) is 15.4 Å². The smallest absolute Gasteiger partial charge is 0.311 e. The molecule has 0 radical (unpaired) electrons. The fraction of sp³-hybridized carbons (Fsp3) is 0.381. The number of nitrogens with zero attached hydrogens (tertiary/aromatic N) is 2. The van der Waals surface area contributed by atoms with Crippen molar-refractivity contribution in [2.75, 3.05) is 25.0 Å². The highest BCUT2D eigenvalue weighted by atomic mass is 35.5. The maximum atomic E-state index is 15.1. The topological polar surface area (TPSA) is 130 Å². The lowest BCUT2D eigenvalue weighted by molar-refractivity contribution is -0.146. The zero-order chi connectivity index (χ0) is 25.0. The molecule has 1 aliphatic heterocycles. The molecule has 1 saturated heterocycles. The summed E-state index contributed by atoms with van der Waals surface area (Å²) in [6, 6.07) is 5.69. The average Bonchev–Trinajstić information content (AvgIpc) is 3.08. The van der Waals surface area contributed by atoms with E-state index in [9.17, 15) is 22.8 Å². The Morgan fingerprint density at radius 2 is 1.88 bits per heavy atom. The lowest BCUT2D eigenvalue weighted by atomic mass is 10.1. The first-order chi connectivity index (χ1) is 16.0. The van der Waals surface area contributed by atoms with E-state index in [1.807, 2.05) is 0 Å². The number of carbonyl (C=O) groups is 3. The van der Waals surface area contributed by atoms with Gasteiger partial charge in [0, 0.05) is 49.6 Å². The molecule has 1 aromatic carbocycles. The molecule has 0 spiro atoms. The molecule has 0 unspecified atom stereocenters. The van der Waals surface area contributed by atoms with Crippen molar-refractivity contribution in [1.29, 1.82) is 0 Å². The third-order valence-corrected chi connectivity index (χ3v) is 7.05. The number of aryl methyl sites for hydroxylation is 1. The van der Waals surface area contributed by atoms with Gasteiger partial charge in [0.15, 0.2) is 5.82 Å². The van der Waals surface area contributed by atoms with Crippen LogP contribution in [0.5, 0.6) is 0 Å². The van der Waals surface area contributed by atoms with E-state index >= 15 is 4.39 Å². The van der Waals surface area contributed by atoms with E-state index in [1.54, 1.807) is 25.1 Å². The van der Waals surface area contributed by atoms with Crippen LogP contribution in [0.4, 0.5) is 10.1 Å². The maximum Gasteiger partial charge on any atom is 0.311 e. The van der Waals surface area contributed by atoms with E-state index in [-0.39, 0.29) is 25.9 Å². The van der Waals surface area contributed by atoms with Crippen LogP contribution < -0.4 is 15.4 Å². The van der Waals surface area contributed by atoms with Gasteiger partial charge in [-0.15, -0.1) is 0 Å². The summed E-state index contributed by atoms with van der Waals surface area (Å²) in [6.07, 6.45) is 1.53. The predicted molar refractivity (Wildman–Crippen MR) is 123 cm³/mol. The summed E-state index contributed by atoms with van der Waals surface area (Å²) in [6.45, 7) is 2.37. The fourth-order valence-corrected chi connectivity index (χ4v) is 5.26. The number of likely N-dealkylation sites (tertiary alicyclic amines) is 1. The zero-order valence-corrected chi connectivity index (χ0v) is 20.2. The highest BCUT2D eigenvalue weighted by Crippen LogP contribution is 2.23. The quantitative estimate of drug-likeness (QED) is 0.504. The van der Waals surface area contributed by atoms with Crippen molar-refractivity contribution in [3.8, 4) is 0 Å². The Bertz CT molecular complexity index is 1210. The molecule has 0 atom stereocenters. The number of aromatic nitrogens is 1. The van der Waals surface area contributed by atoms with Crippen molar-refractivity contribution in [2.45, 2.75) is 30.7 Å². The van der Waals surface area contributed by atoms with Crippen molar-refractivity contribution < 1.29 is 27.2 Å². The summed E-state index contributed by atoms with van der Waals surface area (Å²) in [7, 11) is -2.94. The largest absolute Gasteiger partial charge is 0.348 e. The molecular formula is C21H25ClFN5O5S. The Labute approximate surface area is 201 Å².